The van der Waals surface area contributed by atoms with Crippen LogP contribution in [0.25, 0.3) is 0 Å². The van der Waals surface area contributed by atoms with Gasteiger partial charge in [0.05, 0.1) is 26.4 Å². The fraction of sp³-hybridized carbons (Fsp3) is 0.588. The van der Waals surface area contributed by atoms with Crippen molar-refractivity contribution in [1.82, 2.24) is 0 Å². The van der Waals surface area contributed by atoms with Crippen molar-refractivity contribution >= 4 is 11.6 Å². The normalized spacial score (nSPS) is 15.9. The topological polar surface area (TPSA) is 56.8 Å². The van der Waals surface area contributed by atoms with Gasteiger partial charge in [-0.25, -0.2) is 0 Å². The number of anilines is 1. The van der Waals surface area contributed by atoms with Crippen molar-refractivity contribution in [2.24, 2.45) is 5.41 Å². The van der Waals surface area contributed by atoms with E-state index in [2.05, 4.69) is 12.2 Å². The minimum absolute atomic E-state index is 0.0732. The molecule has 1 saturated heterocycles. The van der Waals surface area contributed by atoms with Crippen LogP contribution in [0.2, 0.25) is 0 Å². The second-order valence-electron chi connectivity index (χ2n) is 6.12. The number of nitrogens with one attached hydrogen (secondary N) is 1. The van der Waals surface area contributed by atoms with Gasteiger partial charge in [-0.1, -0.05) is 6.92 Å². The smallest absolute Gasteiger partial charge is 0.221 e. The summed E-state index contributed by atoms with van der Waals surface area (Å²) in [6.45, 7) is 7.51. The molecule has 1 heterocycles. The molecule has 1 aliphatic heterocycles. The van der Waals surface area contributed by atoms with Crippen molar-refractivity contribution < 1.29 is 19.0 Å². The van der Waals surface area contributed by atoms with Crippen LogP contribution in [0.15, 0.2) is 24.3 Å². The first-order chi connectivity index (χ1) is 10.6. The number of hydrogen-bond acceptors (Lipinski definition) is 4. The molecule has 0 aliphatic carbocycles. The molecule has 2 rings (SSSR count). The largest absolute Gasteiger partial charge is 0.494 e. The molecule has 5 heteroatoms. The lowest BCUT2D eigenvalue weighted by Crippen LogP contribution is -2.43. The number of carbonyl (C=O) groups excluding carboxylic acids is 1. The van der Waals surface area contributed by atoms with Gasteiger partial charge >= 0.3 is 0 Å². The van der Waals surface area contributed by atoms with Gasteiger partial charge < -0.3 is 19.5 Å². The molecule has 1 N–H and O–H groups in total. The van der Waals surface area contributed by atoms with Crippen molar-refractivity contribution in [2.45, 2.75) is 26.7 Å². The van der Waals surface area contributed by atoms with Crippen molar-refractivity contribution in [2.75, 3.05) is 38.4 Å². The molecule has 1 aliphatic rings. The zero-order chi connectivity index (χ0) is 15.8. The summed E-state index contributed by atoms with van der Waals surface area (Å²) in [7, 11) is 0. The summed E-state index contributed by atoms with van der Waals surface area (Å²) in [6, 6.07) is 7.39. The molecule has 1 aromatic carbocycles. The van der Waals surface area contributed by atoms with Gasteiger partial charge in [-0.15, -0.1) is 0 Å². The fourth-order valence-corrected chi connectivity index (χ4v) is 2.19. The van der Waals surface area contributed by atoms with Crippen LogP contribution in [0, 0.1) is 5.41 Å². The van der Waals surface area contributed by atoms with Crippen LogP contribution in [0.4, 0.5) is 5.69 Å². The van der Waals surface area contributed by atoms with Crippen LogP contribution >= 0.6 is 0 Å². The number of hydrogen-bond donors (Lipinski definition) is 1. The first-order valence-electron chi connectivity index (χ1n) is 7.73. The van der Waals surface area contributed by atoms with Crippen LogP contribution in [0.3, 0.4) is 0 Å². The van der Waals surface area contributed by atoms with Gasteiger partial charge in [0.25, 0.3) is 0 Å². The van der Waals surface area contributed by atoms with E-state index < -0.39 is 0 Å². The van der Waals surface area contributed by atoms with Crippen LogP contribution in [0.1, 0.15) is 26.7 Å². The van der Waals surface area contributed by atoms with Crippen molar-refractivity contribution in [1.29, 1.82) is 0 Å². The lowest BCUT2D eigenvalue weighted by atomic mass is 9.90. The Morgan fingerprint density at radius 1 is 1.23 bits per heavy atom. The number of carbonyl (C=O) groups is 1. The highest BCUT2D eigenvalue weighted by Gasteiger charge is 2.33. The minimum atomic E-state index is -0.0732. The van der Waals surface area contributed by atoms with Gasteiger partial charge in [-0.3, -0.25) is 4.79 Å². The van der Waals surface area contributed by atoms with Crippen molar-refractivity contribution in [3.05, 3.63) is 24.3 Å². The Hall–Kier alpha value is -1.59. The Kier molecular flexibility index (Phi) is 6.21. The Bertz CT molecular complexity index is 468. The quantitative estimate of drug-likeness (QED) is 0.713. The summed E-state index contributed by atoms with van der Waals surface area (Å²) in [4.78, 5) is 10.9. The van der Waals surface area contributed by atoms with Gasteiger partial charge in [0, 0.05) is 24.6 Å². The average Bonchev–Trinajstić information content (AvgIpc) is 2.45. The van der Waals surface area contributed by atoms with Crippen LogP contribution in [0.5, 0.6) is 5.75 Å². The Morgan fingerprint density at radius 2 is 1.91 bits per heavy atom. The average molecular weight is 307 g/mol. The number of ether oxygens (including phenoxy) is 3. The van der Waals surface area contributed by atoms with E-state index in [1.54, 1.807) is 0 Å². The highest BCUT2D eigenvalue weighted by atomic mass is 16.5. The lowest BCUT2D eigenvalue weighted by Gasteiger charge is -2.37. The summed E-state index contributed by atoms with van der Waals surface area (Å²) in [5, 5.41) is 2.72. The highest BCUT2D eigenvalue weighted by molar-refractivity contribution is 5.88. The Balaban J connectivity index is 1.52. The first-order valence-corrected chi connectivity index (χ1v) is 7.73. The van der Waals surface area contributed by atoms with E-state index in [0.29, 0.717) is 6.61 Å². The number of amides is 1. The number of benzene rings is 1. The maximum atomic E-state index is 10.9. The molecular formula is C17H25NO4. The molecule has 0 spiro atoms. The molecular weight excluding hydrogens is 282 g/mol. The summed E-state index contributed by atoms with van der Waals surface area (Å²) >= 11 is 0. The molecule has 1 aromatic rings. The second-order valence-corrected chi connectivity index (χ2v) is 6.12. The van der Waals surface area contributed by atoms with E-state index in [1.807, 2.05) is 24.3 Å². The van der Waals surface area contributed by atoms with Gasteiger partial charge in [0.15, 0.2) is 0 Å². The third-order valence-electron chi connectivity index (χ3n) is 3.48. The molecule has 0 unspecified atom stereocenters. The summed E-state index contributed by atoms with van der Waals surface area (Å²) in [6.07, 6.45) is 1.95. The summed E-state index contributed by atoms with van der Waals surface area (Å²) in [5.74, 6) is 0.741. The Morgan fingerprint density at radius 3 is 2.50 bits per heavy atom. The number of rotatable bonds is 9. The van der Waals surface area contributed by atoms with Crippen molar-refractivity contribution in [3.8, 4) is 5.75 Å². The van der Waals surface area contributed by atoms with E-state index in [4.69, 9.17) is 14.2 Å². The minimum Gasteiger partial charge on any atom is -0.494 e. The maximum Gasteiger partial charge on any atom is 0.221 e. The first kappa shape index (κ1) is 16.8. The Labute approximate surface area is 131 Å². The van der Waals surface area contributed by atoms with Crippen molar-refractivity contribution in [3.63, 3.8) is 0 Å². The SMILES string of the molecule is CC(=O)Nc1ccc(OCCCCOCC2(C)COC2)cc1. The number of unbranched alkanes of at least 4 members (excludes halogenated alkanes) is 1. The zero-order valence-corrected chi connectivity index (χ0v) is 13.4. The fourth-order valence-electron chi connectivity index (χ4n) is 2.19. The van der Waals surface area contributed by atoms with E-state index >= 15 is 0 Å². The summed E-state index contributed by atoms with van der Waals surface area (Å²) in [5.41, 5.74) is 1.01. The second kappa shape index (κ2) is 8.15. The third-order valence-corrected chi connectivity index (χ3v) is 3.48. The van der Waals surface area contributed by atoms with Crippen LogP contribution in [-0.4, -0.2) is 38.9 Å². The monoisotopic (exact) mass is 307 g/mol. The van der Waals surface area contributed by atoms with E-state index in [-0.39, 0.29) is 11.3 Å². The van der Waals surface area contributed by atoms with Gasteiger partial charge in [0.1, 0.15) is 5.75 Å². The molecule has 22 heavy (non-hydrogen) atoms. The van der Waals surface area contributed by atoms with Crippen LogP contribution in [-0.2, 0) is 14.3 Å². The molecule has 1 fully saturated rings. The third kappa shape index (κ3) is 5.66. The molecule has 0 atom stereocenters. The van der Waals surface area contributed by atoms with E-state index in [1.165, 1.54) is 6.92 Å². The highest BCUT2D eigenvalue weighted by Crippen LogP contribution is 2.26. The predicted octanol–water partition coefficient (Wildman–Crippen LogP) is 2.86. The van der Waals surface area contributed by atoms with E-state index in [0.717, 1.165) is 50.7 Å². The molecule has 1 amide bonds. The van der Waals surface area contributed by atoms with Gasteiger partial charge in [-0.2, -0.15) is 0 Å². The standard InChI is InChI=1S/C17H25NO4/c1-14(19)18-15-5-7-16(8-6-15)22-10-4-3-9-20-11-17(2)12-21-13-17/h5-8H,3-4,9-13H2,1-2H3,(H,18,19). The molecule has 0 aromatic heterocycles. The zero-order valence-electron chi connectivity index (χ0n) is 13.4. The van der Waals surface area contributed by atoms with Gasteiger partial charge in [-0.05, 0) is 37.1 Å². The van der Waals surface area contributed by atoms with Gasteiger partial charge in [0.2, 0.25) is 5.91 Å². The van der Waals surface area contributed by atoms with Crippen LogP contribution < -0.4 is 10.1 Å². The molecule has 0 radical (unpaired) electrons. The molecule has 122 valence electrons. The van der Waals surface area contributed by atoms with E-state index in [9.17, 15) is 4.79 Å². The molecule has 0 saturated carbocycles. The lowest BCUT2D eigenvalue weighted by molar-refractivity contribution is -0.138. The molecule has 0 bridgehead atoms. The maximum absolute atomic E-state index is 10.9. The summed E-state index contributed by atoms with van der Waals surface area (Å²) < 4.78 is 16.5. The predicted molar refractivity (Wildman–Crippen MR) is 85.2 cm³/mol. The molecule has 5 nitrogen and oxygen atoms in total.